The Morgan fingerprint density at radius 1 is 1.40 bits per heavy atom. The average molecular weight is 275 g/mol. The standard InChI is InChI=1S/C15H21N3O2/c1-15(2)12(7-13(15)19)17-11-5-8-3-4-14(20)18-10(8)6-9(11)16/h5-6,12-13,17,19H,3-4,7,16H2,1-2H3,(H,18,20). The quantitative estimate of drug-likeness (QED) is 0.619. The summed E-state index contributed by atoms with van der Waals surface area (Å²) in [5.41, 5.74) is 9.37. The van der Waals surface area contributed by atoms with Crippen LogP contribution in [0.25, 0.3) is 0 Å². The second-order valence-corrected chi connectivity index (χ2v) is 6.41. The molecule has 2 atom stereocenters. The number of amides is 1. The van der Waals surface area contributed by atoms with Crippen LogP contribution in [0, 0.1) is 5.41 Å². The van der Waals surface area contributed by atoms with E-state index in [2.05, 4.69) is 10.6 Å². The predicted molar refractivity (Wildman–Crippen MR) is 79.6 cm³/mol. The molecule has 0 bridgehead atoms. The third-order valence-electron chi connectivity index (χ3n) is 4.72. The van der Waals surface area contributed by atoms with Crippen molar-refractivity contribution in [1.29, 1.82) is 0 Å². The number of nitrogens with two attached hydrogens (primary N) is 1. The molecule has 1 aliphatic heterocycles. The first kappa shape index (κ1) is 13.2. The van der Waals surface area contributed by atoms with E-state index in [0.717, 1.165) is 29.8 Å². The van der Waals surface area contributed by atoms with Crippen LogP contribution in [0.15, 0.2) is 12.1 Å². The van der Waals surface area contributed by atoms with E-state index in [-0.39, 0.29) is 23.5 Å². The minimum atomic E-state index is -0.266. The van der Waals surface area contributed by atoms with Gasteiger partial charge in [-0.1, -0.05) is 13.8 Å². The van der Waals surface area contributed by atoms with Crippen LogP contribution in [0.4, 0.5) is 17.1 Å². The van der Waals surface area contributed by atoms with Gasteiger partial charge in [-0.25, -0.2) is 0 Å². The van der Waals surface area contributed by atoms with Crippen LogP contribution >= 0.6 is 0 Å². The summed E-state index contributed by atoms with van der Waals surface area (Å²) in [5, 5.41) is 16.1. The van der Waals surface area contributed by atoms with Gasteiger partial charge >= 0.3 is 0 Å². The van der Waals surface area contributed by atoms with E-state index in [9.17, 15) is 9.90 Å². The monoisotopic (exact) mass is 275 g/mol. The summed E-state index contributed by atoms with van der Waals surface area (Å²) in [5.74, 6) is 0.0425. The van der Waals surface area contributed by atoms with Gasteiger partial charge in [0.15, 0.2) is 0 Å². The summed E-state index contributed by atoms with van der Waals surface area (Å²) in [7, 11) is 0. The zero-order chi connectivity index (χ0) is 14.5. The number of benzene rings is 1. The highest BCUT2D eigenvalue weighted by molar-refractivity contribution is 5.95. The molecule has 2 unspecified atom stereocenters. The fourth-order valence-corrected chi connectivity index (χ4v) is 2.91. The van der Waals surface area contributed by atoms with Crippen LogP contribution < -0.4 is 16.4 Å². The SMILES string of the molecule is CC1(C)C(O)CC1Nc1cc2c(cc1N)NC(=O)CC2. The fourth-order valence-electron chi connectivity index (χ4n) is 2.91. The third kappa shape index (κ3) is 2.02. The lowest BCUT2D eigenvalue weighted by Gasteiger charge is -2.50. The van der Waals surface area contributed by atoms with Crippen molar-refractivity contribution in [3.8, 4) is 0 Å². The maximum atomic E-state index is 11.4. The number of anilines is 3. The lowest BCUT2D eigenvalue weighted by molar-refractivity contribution is -0.116. The first-order valence-corrected chi connectivity index (χ1v) is 7.05. The number of aryl methyl sites for hydroxylation is 1. The van der Waals surface area contributed by atoms with E-state index >= 15 is 0 Å². The summed E-state index contributed by atoms with van der Waals surface area (Å²) in [6.07, 6.45) is 1.73. The minimum Gasteiger partial charge on any atom is -0.397 e. The summed E-state index contributed by atoms with van der Waals surface area (Å²) in [6, 6.07) is 4.05. The van der Waals surface area contributed by atoms with Gasteiger partial charge in [-0.15, -0.1) is 0 Å². The van der Waals surface area contributed by atoms with Crippen molar-refractivity contribution in [1.82, 2.24) is 0 Å². The highest BCUT2D eigenvalue weighted by Gasteiger charge is 2.47. The number of carbonyl (C=O) groups excluding carboxylic acids is 1. The number of hydrogen-bond acceptors (Lipinski definition) is 4. The Labute approximate surface area is 118 Å². The Bertz CT molecular complexity index is 568. The van der Waals surface area contributed by atoms with Gasteiger partial charge in [0.2, 0.25) is 5.91 Å². The fraction of sp³-hybridized carbons (Fsp3) is 0.533. The number of rotatable bonds is 2. The van der Waals surface area contributed by atoms with Gasteiger partial charge in [0.1, 0.15) is 0 Å². The van der Waals surface area contributed by atoms with E-state index in [1.807, 2.05) is 26.0 Å². The summed E-state index contributed by atoms with van der Waals surface area (Å²) >= 11 is 0. The molecule has 1 amide bonds. The largest absolute Gasteiger partial charge is 0.397 e. The summed E-state index contributed by atoms with van der Waals surface area (Å²) in [6.45, 7) is 4.10. The van der Waals surface area contributed by atoms with E-state index in [1.54, 1.807) is 0 Å². The number of fused-ring (bicyclic) bond motifs is 1. The molecule has 108 valence electrons. The highest BCUT2D eigenvalue weighted by atomic mass is 16.3. The van der Waals surface area contributed by atoms with Gasteiger partial charge in [-0.3, -0.25) is 4.79 Å². The molecule has 5 heteroatoms. The van der Waals surface area contributed by atoms with Crippen LogP contribution in [0.1, 0.15) is 32.3 Å². The van der Waals surface area contributed by atoms with Gasteiger partial charge in [-0.05, 0) is 30.5 Å². The van der Waals surface area contributed by atoms with Crippen molar-refractivity contribution in [2.45, 2.75) is 45.3 Å². The molecule has 1 aliphatic carbocycles. The van der Waals surface area contributed by atoms with Crippen LogP contribution in [-0.4, -0.2) is 23.2 Å². The minimum absolute atomic E-state index is 0.0425. The number of carbonyl (C=O) groups is 1. The topological polar surface area (TPSA) is 87.4 Å². The van der Waals surface area contributed by atoms with Crippen LogP contribution in [0.3, 0.4) is 0 Å². The van der Waals surface area contributed by atoms with Gasteiger partial charge in [0, 0.05) is 23.6 Å². The first-order chi connectivity index (χ1) is 9.38. The Kier molecular flexibility index (Phi) is 2.90. The molecule has 0 radical (unpaired) electrons. The molecule has 20 heavy (non-hydrogen) atoms. The van der Waals surface area contributed by atoms with Gasteiger partial charge in [-0.2, -0.15) is 0 Å². The van der Waals surface area contributed by atoms with Crippen molar-refractivity contribution < 1.29 is 9.90 Å². The highest BCUT2D eigenvalue weighted by Crippen LogP contribution is 2.43. The van der Waals surface area contributed by atoms with Crippen molar-refractivity contribution in [2.24, 2.45) is 5.41 Å². The van der Waals surface area contributed by atoms with E-state index < -0.39 is 0 Å². The Morgan fingerprint density at radius 2 is 2.15 bits per heavy atom. The number of nitrogens with one attached hydrogen (secondary N) is 2. The number of nitrogen functional groups attached to an aromatic ring is 1. The zero-order valence-electron chi connectivity index (χ0n) is 11.9. The van der Waals surface area contributed by atoms with E-state index in [4.69, 9.17) is 5.73 Å². The molecule has 0 spiro atoms. The molecular formula is C15H21N3O2. The predicted octanol–water partition coefficient (Wildman–Crippen LogP) is 1.72. The molecule has 0 saturated heterocycles. The lowest BCUT2D eigenvalue weighted by atomic mass is 9.64. The second kappa shape index (κ2) is 4.38. The molecule has 3 rings (SSSR count). The number of aliphatic hydroxyl groups is 1. The molecule has 1 heterocycles. The van der Waals surface area contributed by atoms with E-state index in [0.29, 0.717) is 12.1 Å². The molecule has 1 saturated carbocycles. The second-order valence-electron chi connectivity index (χ2n) is 6.41. The normalized spacial score (nSPS) is 27.2. The first-order valence-electron chi connectivity index (χ1n) is 7.05. The Hall–Kier alpha value is -1.75. The molecule has 0 aromatic heterocycles. The van der Waals surface area contributed by atoms with Crippen molar-refractivity contribution >= 4 is 23.0 Å². The Morgan fingerprint density at radius 3 is 2.80 bits per heavy atom. The van der Waals surface area contributed by atoms with Crippen molar-refractivity contribution in [2.75, 3.05) is 16.4 Å². The molecule has 5 N–H and O–H groups in total. The molecular weight excluding hydrogens is 254 g/mol. The maximum Gasteiger partial charge on any atom is 0.224 e. The smallest absolute Gasteiger partial charge is 0.224 e. The molecule has 2 aliphatic rings. The number of hydrogen-bond donors (Lipinski definition) is 4. The summed E-state index contributed by atoms with van der Waals surface area (Å²) < 4.78 is 0. The average Bonchev–Trinajstić information content (AvgIpc) is 2.39. The van der Waals surface area contributed by atoms with Crippen LogP contribution in [0.2, 0.25) is 0 Å². The van der Waals surface area contributed by atoms with Crippen LogP contribution in [0.5, 0.6) is 0 Å². The molecule has 5 nitrogen and oxygen atoms in total. The van der Waals surface area contributed by atoms with E-state index in [1.165, 1.54) is 0 Å². The number of aliphatic hydroxyl groups excluding tert-OH is 1. The third-order valence-corrected chi connectivity index (χ3v) is 4.72. The Balaban J connectivity index is 1.83. The van der Waals surface area contributed by atoms with Crippen LogP contribution in [-0.2, 0) is 11.2 Å². The molecule has 1 aromatic carbocycles. The zero-order valence-corrected chi connectivity index (χ0v) is 11.9. The van der Waals surface area contributed by atoms with Gasteiger partial charge in [0.25, 0.3) is 0 Å². The van der Waals surface area contributed by atoms with Crippen molar-refractivity contribution in [3.05, 3.63) is 17.7 Å². The van der Waals surface area contributed by atoms with Gasteiger partial charge in [0.05, 0.1) is 17.5 Å². The molecule has 1 fully saturated rings. The van der Waals surface area contributed by atoms with Gasteiger partial charge < -0.3 is 21.5 Å². The molecule has 1 aromatic rings. The van der Waals surface area contributed by atoms with Crippen molar-refractivity contribution in [3.63, 3.8) is 0 Å². The lowest BCUT2D eigenvalue weighted by Crippen LogP contribution is -2.56. The maximum absolute atomic E-state index is 11.4. The summed E-state index contributed by atoms with van der Waals surface area (Å²) in [4.78, 5) is 11.4.